The second-order valence-electron chi connectivity index (χ2n) is 7.98. The summed E-state index contributed by atoms with van der Waals surface area (Å²) in [5.41, 5.74) is 2.56. The highest BCUT2D eigenvalue weighted by Crippen LogP contribution is 2.41. The van der Waals surface area contributed by atoms with Crippen molar-refractivity contribution >= 4 is 11.3 Å². The van der Waals surface area contributed by atoms with Crippen LogP contribution in [0.25, 0.3) is 0 Å². The Bertz CT molecular complexity index is 684. The van der Waals surface area contributed by atoms with Crippen LogP contribution in [0.15, 0.2) is 29.9 Å². The van der Waals surface area contributed by atoms with Gasteiger partial charge in [-0.15, -0.1) is 11.3 Å². The van der Waals surface area contributed by atoms with Gasteiger partial charge in [0, 0.05) is 47.6 Å². The normalized spacial score (nSPS) is 21.4. The van der Waals surface area contributed by atoms with Gasteiger partial charge in [-0.1, -0.05) is 6.07 Å². The summed E-state index contributed by atoms with van der Waals surface area (Å²) in [6.07, 6.45) is 7.31. The molecular formula is C21H31N3OS. The topological polar surface area (TPSA) is 38.2 Å². The number of aromatic nitrogens is 2. The van der Waals surface area contributed by atoms with E-state index in [0.29, 0.717) is 0 Å². The Balaban J connectivity index is 1.73. The zero-order valence-corrected chi connectivity index (χ0v) is 17.3. The summed E-state index contributed by atoms with van der Waals surface area (Å²) in [6, 6.07) is 4.34. The van der Waals surface area contributed by atoms with E-state index in [2.05, 4.69) is 53.2 Å². The maximum absolute atomic E-state index is 5.92. The van der Waals surface area contributed by atoms with E-state index in [0.717, 1.165) is 44.8 Å². The summed E-state index contributed by atoms with van der Waals surface area (Å²) < 4.78 is 5.92. The van der Waals surface area contributed by atoms with Gasteiger partial charge < -0.3 is 4.74 Å². The van der Waals surface area contributed by atoms with Crippen LogP contribution in [-0.4, -0.2) is 41.2 Å². The van der Waals surface area contributed by atoms with Gasteiger partial charge in [0.25, 0.3) is 0 Å². The second-order valence-corrected chi connectivity index (χ2v) is 8.96. The van der Waals surface area contributed by atoms with E-state index in [1.165, 1.54) is 17.0 Å². The molecule has 0 radical (unpaired) electrons. The molecule has 0 aliphatic carbocycles. The number of nitrogens with zero attached hydrogens (tertiary/aromatic N) is 3. The predicted molar refractivity (Wildman–Crippen MR) is 108 cm³/mol. The highest BCUT2D eigenvalue weighted by molar-refractivity contribution is 7.09. The third-order valence-electron chi connectivity index (χ3n) is 5.81. The molecule has 3 heterocycles. The van der Waals surface area contributed by atoms with E-state index in [1.807, 2.05) is 19.3 Å². The van der Waals surface area contributed by atoms with Crippen molar-refractivity contribution in [1.82, 2.24) is 14.9 Å². The summed E-state index contributed by atoms with van der Waals surface area (Å²) in [5.74, 6) is 0. The predicted octanol–water partition coefficient (Wildman–Crippen LogP) is 4.44. The van der Waals surface area contributed by atoms with Crippen molar-refractivity contribution in [2.75, 3.05) is 26.3 Å². The highest BCUT2D eigenvalue weighted by Gasteiger charge is 2.43. The minimum Gasteiger partial charge on any atom is -0.381 e. The molecule has 5 heteroatoms. The molecule has 0 spiro atoms. The largest absolute Gasteiger partial charge is 0.381 e. The van der Waals surface area contributed by atoms with Crippen LogP contribution < -0.4 is 0 Å². The van der Waals surface area contributed by atoms with Gasteiger partial charge in [-0.25, -0.2) is 4.98 Å². The minimum absolute atomic E-state index is 0.0180. The Labute approximate surface area is 161 Å². The van der Waals surface area contributed by atoms with Crippen molar-refractivity contribution in [3.05, 3.63) is 46.2 Å². The number of ether oxygens (including phenoxy) is 1. The van der Waals surface area contributed by atoms with Crippen molar-refractivity contribution < 1.29 is 4.74 Å². The van der Waals surface area contributed by atoms with Crippen LogP contribution in [0, 0.1) is 12.3 Å². The molecule has 4 nitrogen and oxygen atoms in total. The molecule has 0 N–H and O–H groups in total. The molecular weight excluding hydrogens is 342 g/mol. The Morgan fingerprint density at radius 3 is 2.81 bits per heavy atom. The van der Waals surface area contributed by atoms with Crippen molar-refractivity contribution in [2.24, 2.45) is 5.41 Å². The number of rotatable bonds is 8. The van der Waals surface area contributed by atoms with Gasteiger partial charge >= 0.3 is 0 Å². The highest BCUT2D eigenvalue weighted by atomic mass is 32.1. The number of likely N-dealkylation sites (tertiary alicyclic amines) is 1. The average molecular weight is 374 g/mol. The monoisotopic (exact) mass is 373 g/mol. The molecule has 26 heavy (non-hydrogen) atoms. The van der Waals surface area contributed by atoms with Crippen LogP contribution in [-0.2, 0) is 16.7 Å². The van der Waals surface area contributed by atoms with Crippen LogP contribution in [0.4, 0.5) is 0 Å². The first kappa shape index (κ1) is 19.5. The standard InChI is InChI=1S/C21H31N3OS/c1-5-25-16-21(9-8-19-22-11-13-26-19)10-12-24(15-21)20(3,4)18-7-6-17(2)23-14-18/h6-7,11,13-14H,5,8-10,12,15-16H2,1-4H3. The Hall–Kier alpha value is -1.30. The molecule has 142 valence electrons. The Morgan fingerprint density at radius 2 is 2.15 bits per heavy atom. The molecule has 3 rings (SSSR count). The molecule has 0 saturated carbocycles. The Morgan fingerprint density at radius 1 is 1.31 bits per heavy atom. The number of hydrogen-bond donors (Lipinski definition) is 0. The second kappa shape index (κ2) is 8.15. The smallest absolute Gasteiger partial charge is 0.0925 e. The van der Waals surface area contributed by atoms with Crippen molar-refractivity contribution in [2.45, 2.75) is 52.5 Å². The van der Waals surface area contributed by atoms with Gasteiger partial charge in [-0.2, -0.15) is 0 Å². The summed E-state index contributed by atoms with van der Waals surface area (Å²) >= 11 is 1.76. The minimum atomic E-state index is -0.0180. The van der Waals surface area contributed by atoms with Crippen LogP contribution in [0.3, 0.4) is 0 Å². The van der Waals surface area contributed by atoms with Gasteiger partial charge in [-0.05, 0) is 65.1 Å². The lowest BCUT2D eigenvalue weighted by atomic mass is 9.83. The molecule has 1 aliphatic rings. The molecule has 2 aromatic rings. The van der Waals surface area contributed by atoms with Crippen molar-refractivity contribution in [3.63, 3.8) is 0 Å². The first-order chi connectivity index (χ1) is 12.5. The van der Waals surface area contributed by atoms with Crippen LogP contribution in [0.5, 0.6) is 0 Å². The third-order valence-corrected chi connectivity index (χ3v) is 6.65. The van der Waals surface area contributed by atoms with E-state index in [-0.39, 0.29) is 11.0 Å². The summed E-state index contributed by atoms with van der Waals surface area (Å²) in [5, 5.41) is 3.31. The maximum Gasteiger partial charge on any atom is 0.0925 e. The molecule has 2 aromatic heterocycles. The van der Waals surface area contributed by atoms with E-state index in [4.69, 9.17) is 4.74 Å². The lowest BCUT2D eigenvalue weighted by Gasteiger charge is -2.38. The molecule has 1 aliphatic heterocycles. The van der Waals surface area contributed by atoms with Crippen molar-refractivity contribution in [3.8, 4) is 0 Å². The zero-order valence-electron chi connectivity index (χ0n) is 16.5. The van der Waals surface area contributed by atoms with Crippen LogP contribution in [0.1, 0.15) is 49.9 Å². The molecule has 1 saturated heterocycles. The fraction of sp³-hybridized carbons (Fsp3) is 0.619. The lowest BCUT2D eigenvalue weighted by Crippen LogP contribution is -2.42. The Kier molecular flexibility index (Phi) is 6.10. The number of aryl methyl sites for hydroxylation is 2. The van der Waals surface area contributed by atoms with Gasteiger partial charge in [0.15, 0.2) is 0 Å². The third kappa shape index (κ3) is 4.33. The van der Waals surface area contributed by atoms with Gasteiger partial charge in [0.1, 0.15) is 0 Å². The summed E-state index contributed by atoms with van der Waals surface area (Å²) in [6.45, 7) is 12.6. The SMILES string of the molecule is CCOCC1(CCc2nccs2)CCN(C(C)(C)c2ccc(C)nc2)C1. The number of thiazole rings is 1. The molecule has 1 atom stereocenters. The maximum atomic E-state index is 5.92. The van der Waals surface area contributed by atoms with Crippen LogP contribution in [0.2, 0.25) is 0 Å². The molecule has 1 fully saturated rings. The quantitative estimate of drug-likeness (QED) is 0.685. The summed E-state index contributed by atoms with van der Waals surface area (Å²) in [7, 11) is 0. The van der Waals surface area contributed by atoms with E-state index in [9.17, 15) is 0 Å². The molecule has 1 unspecified atom stereocenters. The molecule has 0 bridgehead atoms. The van der Waals surface area contributed by atoms with E-state index < -0.39 is 0 Å². The zero-order chi connectivity index (χ0) is 18.6. The van der Waals surface area contributed by atoms with Crippen LogP contribution >= 0.6 is 11.3 Å². The fourth-order valence-electron chi connectivity index (χ4n) is 3.89. The van der Waals surface area contributed by atoms with E-state index >= 15 is 0 Å². The lowest BCUT2D eigenvalue weighted by molar-refractivity contribution is 0.0384. The molecule has 0 amide bonds. The average Bonchev–Trinajstić information content (AvgIpc) is 3.29. The number of hydrogen-bond acceptors (Lipinski definition) is 5. The van der Waals surface area contributed by atoms with Crippen molar-refractivity contribution in [1.29, 1.82) is 0 Å². The molecule has 0 aromatic carbocycles. The first-order valence-electron chi connectivity index (χ1n) is 9.59. The van der Waals surface area contributed by atoms with Gasteiger partial charge in [0.2, 0.25) is 0 Å². The van der Waals surface area contributed by atoms with Gasteiger partial charge in [0.05, 0.1) is 11.6 Å². The van der Waals surface area contributed by atoms with E-state index in [1.54, 1.807) is 11.3 Å². The first-order valence-corrected chi connectivity index (χ1v) is 10.5. The number of pyridine rings is 1. The summed E-state index contributed by atoms with van der Waals surface area (Å²) in [4.78, 5) is 11.6. The fourth-order valence-corrected chi connectivity index (χ4v) is 4.51. The van der Waals surface area contributed by atoms with Gasteiger partial charge in [-0.3, -0.25) is 9.88 Å².